The van der Waals surface area contributed by atoms with E-state index in [1.807, 2.05) is 0 Å². The van der Waals surface area contributed by atoms with Crippen LogP contribution in [0.1, 0.15) is 35.7 Å². The fourth-order valence-corrected chi connectivity index (χ4v) is 4.74. The number of fused-ring (bicyclic) bond motifs is 1. The van der Waals surface area contributed by atoms with Crippen LogP contribution in [-0.2, 0) is 11.3 Å². The molecule has 10 nitrogen and oxygen atoms in total. The summed E-state index contributed by atoms with van der Waals surface area (Å²) in [4.78, 5) is 42.1. The Morgan fingerprint density at radius 3 is 2.76 bits per heavy atom. The van der Waals surface area contributed by atoms with Crippen LogP contribution in [0.15, 0.2) is 29.7 Å². The first-order valence-corrected chi connectivity index (χ1v) is 10.9. The minimum Gasteiger partial charge on any atom is -0.477 e. The maximum Gasteiger partial charge on any atom is 0.341 e. The zero-order valence-corrected chi connectivity index (χ0v) is 18.1. The van der Waals surface area contributed by atoms with E-state index in [1.54, 1.807) is 9.47 Å². The summed E-state index contributed by atoms with van der Waals surface area (Å²) in [5.74, 6) is -2.30. The van der Waals surface area contributed by atoms with Crippen molar-refractivity contribution in [3.8, 4) is 0 Å². The van der Waals surface area contributed by atoms with Crippen molar-refractivity contribution in [1.29, 1.82) is 0 Å². The van der Waals surface area contributed by atoms with E-state index in [-0.39, 0.29) is 40.6 Å². The molecule has 2 aliphatic rings. The van der Waals surface area contributed by atoms with Gasteiger partial charge in [-0.15, -0.1) is 0 Å². The van der Waals surface area contributed by atoms with E-state index >= 15 is 4.39 Å². The highest BCUT2D eigenvalue weighted by Gasteiger charge is 2.32. The average Bonchev–Trinajstić information content (AvgIpc) is 3.29. The number of aromatic carboxylic acids is 1. The van der Waals surface area contributed by atoms with E-state index in [1.165, 1.54) is 23.5 Å². The SMILES string of the molecule is O=C(Cn1cncn1)NC1CCN(c2c(F)cc3c(=O)c(C(=O)O)cn(C4CC4)c3c2Cl)C1. The predicted octanol–water partition coefficient (Wildman–Crippen LogP) is 1.81. The smallest absolute Gasteiger partial charge is 0.341 e. The number of aromatic nitrogens is 4. The number of pyridine rings is 1. The molecule has 1 saturated carbocycles. The van der Waals surface area contributed by atoms with Gasteiger partial charge in [-0.2, -0.15) is 5.10 Å². The Bertz CT molecular complexity index is 1320. The Morgan fingerprint density at radius 1 is 1.30 bits per heavy atom. The quantitative estimate of drug-likeness (QED) is 0.558. The van der Waals surface area contributed by atoms with Crippen molar-refractivity contribution in [3.05, 3.63) is 51.5 Å². The van der Waals surface area contributed by atoms with Crippen LogP contribution in [0.2, 0.25) is 5.02 Å². The van der Waals surface area contributed by atoms with E-state index in [0.717, 1.165) is 18.9 Å². The lowest BCUT2D eigenvalue weighted by Gasteiger charge is -2.23. The molecule has 3 aromatic rings. The lowest BCUT2D eigenvalue weighted by Crippen LogP contribution is -2.39. The standard InChI is InChI=1S/C21H20ClFN6O4/c22-17-18-13(20(31)14(21(32)33)7-29(18)12-1-2-12)5-15(23)19(17)27-4-3-11(6-27)26-16(30)8-28-10-24-9-25-28/h5,7,9-12H,1-4,6,8H2,(H,26,30)(H,32,33). The molecule has 1 unspecified atom stereocenters. The number of carbonyl (C=O) groups is 2. The monoisotopic (exact) mass is 474 g/mol. The van der Waals surface area contributed by atoms with Gasteiger partial charge < -0.3 is 19.9 Å². The van der Waals surface area contributed by atoms with Gasteiger partial charge in [-0.3, -0.25) is 9.59 Å². The minimum atomic E-state index is -1.36. The van der Waals surface area contributed by atoms with Crippen molar-refractivity contribution in [2.45, 2.75) is 37.9 Å². The van der Waals surface area contributed by atoms with E-state index < -0.39 is 22.8 Å². The summed E-state index contributed by atoms with van der Waals surface area (Å²) in [5.41, 5.74) is -0.686. The Morgan fingerprint density at radius 2 is 2.09 bits per heavy atom. The largest absolute Gasteiger partial charge is 0.477 e. The van der Waals surface area contributed by atoms with Gasteiger partial charge in [-0.1, -0.05) is 11.6 Å². The molecule has 1 aromatic carbocycles. The number of rotatable bonds is 6. The zero-order valence-electron chi connectivity index (χ0n) is 17.4. The summed E-state index contributed by atoms with van der Waals surface area (Å²) in [6, 6.07) is 0.873. The Balaban J connectivity index is 1.46. The molecule has 2 fully saturated rings. The van der Waals surface area contributed by atoms with Crippen LogP contribution < -0.4 is 15.6 Å². The van der Waals surface area contributed by atoms with Gasteiger partial charge in [0.05, 0.1) is 21.6 Å². The summed E-state index contributed by atoms with van der Waals surface area (Å²) < 4.78 is 18.3. The molecule has 5 rings (SSSR count). The van der Waals surface area contributed by atoms with E-state index in [9.17, 15) is 19.5 Å². The molecule has 2 aromatic heterocycles. The molecule has 1 atom stereocenters. The molecule has 1 aliphatic heterocycles. The third-order valence-corrected chi connectivity index (χ3v) is 6.35. The van der Waals surface area contributed by atoms with Gasteiger partial charge >= 0.3 is 5.97 Å². The number of hydrogen-bond donors (Lipinski definition) is 2. The van der Waals surface area contributed by atoms with Crippen LogP contribution in [0, 0.1) is 5.82 Å². The van der Waals surface area contributed by atoms with Gasteiger partial charge in [0.25, 0.3) is 0 Å². The second-order valence-electron chi connectivity index (χ2n) is 8.32. The van der Waals surface area contributed by atoms with Gasteiger partial charge in [-0.05, 0) is 25.3 Å². The fraction of sp³-hybridized carbons (Fsp3) is 0.381. The fourth-order valence-electron chi connectivity index (χ4n) is 4.33. The van der Waals surface area contributed by atoms with Gasteiger partial charge in [0, 0.05) is 31.4 Å². The average molecular weight is 475 g/mol. The minimum absolute atomic E-state index is 0.0180. The lowest BCUT2D eigenvalue weighted by atomic mass is 10.1. The van der Waals surface area contributed by atoms with Crippen molar-refractivity contribution >= 4 is 40.1 Å². The molecule has 0 bridgehead atoms. The van der Waals surface area contributed by atoms with Crippen LogP contribution in [0.3, 0.4) is 0 Å². The first kappa shape index (κ1) is 21.4. The molecule has 0 spiro atoms. The molecular formula is C21H20ClFN6O4. The highest BCUT2D eigenvalue weighted by Crippen LogP contribution is 2.42. The number of hydrogen-bond acceptors (Lipinski definition) is 6. The highest BCUT2D eigenvalue weighted by molar-refractivity contribution is 6.38. The maximum atomic E-state index is 15.2. The lowest BCUT2D eigenvalue weighted by molar-refractivity contribution is -0.122. The zero-order chi connectivity index (χ0) is 23.3. The predicted molar refractivity (Wildman–Crippen MR) is 117 cm³/mol. The number of anilines is 1. The summed E-state index contributed by atoms with van der Waals surface area (Å²) in [6.45, 7) is 0.824. The molecule has 2 N–H and O–H groups in total. The second-order valence-corrected chi connectivity index (χ2v) is 8.70. The summed E-state index contributed by atoms with van der Waals surface area (Å²) in [5, 5.41) is 16.2. The molecule has 172 valence electrons. The first-order valence-electron chi connectivity index (χ1n) is 10.5. The number of carbonyl (C=O) groups excluding carboxylic acids is 1. The summed E-state index contributed by atoms with van der Waals surface area (Å²) in [6.07, 6.45) is 6.32. The molecule has 0 radical (unpaired) electrons. The number of halogens is 2. The number of nitrogens with one attached hydrogen (secondary N) is 1. The van der Waals surface area contributed by atoms with Gasteiger partial charge in [0.2, 0.25) is 11.3 Å². The van der Waals surface area contributed by atoms with Crippen molar-refractivity contribution in [2.24, 2.45) is 0 Å². The number of nitrogens with zero attached hydrogens (tertiary/aromatic N) is 5. The van der Waals surface area contributed by atoms with Crippen LogP contribution in [0.4, 0.5) is 10.1 Å². The molecule has 1 saturated heterocycles. The summed E-state index contributed by atoms with van der Waals surface area (Å²) >= 11 is 6.66. The maximum absolute atomic E-state index is 15.2. The van der Waals surface area contributed by atoms with Gasteiger partial charge in [-0.25, -0.2) is 18.9 Å². The van der Waals surface area contributed by atoms with Crippen molar-refractivity contribution in [1.82, 2.24) is 24.6 Å². The van der Waals surface area contributed by atoms with Gasteiger partial charge in [0.15, 0.2) is 0 Å². The van der Waals surface area contributed by atoms with Crippen LogP contribution >= 0.6 is 11.6 Å². The molecule has 1 aliphatic carbocycles. The van der Waals surface area contributed by atoms with E-state index in [2.05, 4.69) is 15.4 Å². The molecule has 33 heavy (non-hydrogen) atoms. The van der Waals surface area contributed by atoms with Crippen molar-refractivity contribution in [2.75, 3.05) is 18.0 Å². The third-order valence-electron chi connectivity index (χ3n) is 6.00. The normalized spacial score (nSPS) is 18.1. The molecule has 12 heteroatoms. The number of carboxylic acids is 1. The van der Waals surface area contributed by atoms with Crippen molar-refractivity contribution in [3.63, 3.8) is 0 Å². The van der Waals surface area contributed by atoms with E-state index in [0.29, 0.717) is 25.0 Å². The van der Waals surface area contributed by atoms with Gasteiger partial charge in [0.1, 0.15) is 30.6 Å². The Kier molecular flexibility index (Phi) is 5.28. The number of amides is 1. The molecule has 3 heterocycles. The third kappa shape index (κ3) is 3.92. The first-order chi connectivity index (χ1) is 15.8. The Hall–Kier alpha value is -3.47. The van der Waals surface area contributed by atoms with Crippen LogP contribution in [0.5, 0.6) is 0 Å². The molecule has 1 amide bonds. The van der Waals surface area contributed by atoms with Crippen molar-refractivity contribution < 1.29 is 19.1 Å². The Labute approximate surface area is 191 Å². The van der Waals surface area contributed by atoms with E-state index in [4.69, 9.17) is 11.6 Å². The van der Waals surface area contributed by atoms with Crippen LogP contribution in [0.25, 0.3) is 10.9 Å². The highest BCUT2D eigenvalue weighted by atomic mass is 35.5. The second kappa shape index (κ2) is 8.14. The topological polar surface area (TPSA) is 122 Å². The molecular weight excluding hydrogens is 455 g/mol. The number of carboxylic acid groups (broad SMARTS) is 1. The van der Waals surface area contributed by atoms with Crippen LogP contribution in [-0.4, -0.2) is 55.4 Å². The summed E-state index contributed by atoms with van der Waals surface area (Å²) in [7, 11) is 0. The number of benzene rings is 1.